The molecule has 2 aromatic carbocycles. The molecule has 0 spiro atoms. The van der Waals surface area contributed by atoms with E-state index in [1.807, 2.05) is 60.8 Å². The molecule has 0 N–H and O–H groups in total. The van der Waals surface area contributed by atoms with Gasteiger partial charge in [-0.25, -0.2) is 9.78 Å². The van der Waals surface area contributed by atoms with Gasteiger partial charge in [-0.1, -0.05) is 48.5 Å². The first-order valence-electron chi connectivity index (χ1n) is 9.48. The van der Waals surface area contributed by atoms with E-state index in [9.17, 15) is 4.79 Å². The molecule has 5 heteroatoms. The Morgan fingerprint density at radius 1 is 0.931 bits per heavy atom. The normalized spacial score (nSPS) is 10.6. The summed E-state index contributed by atoms with van der Waals surface area (Å²) in [7, 11) is 0. The van der Waals surface area contributed by atoms with Crippen LogP contribution >= 0.6 is 0 Å². The third kappa shape index (κ3) is 4.58. The van der Waals surface area contributed by atoms with Gasteiger partial charge in [-0.05, 0) is 36.6 Å². The lowest BCUT2D eigenvalue weighted by Crippen LogP contribution is -2.08. The highest BCUT2D eigenvalue weighted by Crippen LogP contribution is 2.28. The second kappa shape index (κ2) is 8.97. The lowest BCUT2D eigenvalue weighted by Gasteiger charge is -2.08. The van der Waals surface area contributed by atoms with Crippen molar-refractivity contribution >= 4 is 5.97 Å². The number of hydrogen-bond acceptors (Lipinski definition) is 5. The molecule has 2 aromatic heterocycles. The maximum Gasteiger partial charge on any atom is 0.338 e. The van der Waals surface area contributed by atoms with Crippen LogP contribution in [0.15, 0.2) is 89.7 Å². The van der Waals surface area contributed by atoms with Gasteiger partial charge < -0.3 is 9.15 Å². The number of pyridine rings is 1. The number of aromatic nitrogens is 2. The Morgan fingerprint density at radius 3 is 2.59 bits per heavy atom. The lowest BCUT2D eigenvalue weighted by atomic mass is 10.1. The zero-order chi connectivity index (χ0) is 19.9. The molecule has 0 saturated heterocycles. The fourth-order valence-electron chi connectivity index (χ4n) is 3.05. The number of carbonyl (C=O) groups excluding carboxylic acids is 1. The third-order valence-electron chi connectivity index (χ3n) is 4.51. The van der Waals surface area contributed by atoms with Crippen molar-refractivity contribution in [2.24, 2.45) is 0 Å². The van der Waals surface area contributed by atoms with Crippen molar-refractivity contribution in [3.8, 4) is 22.8 Å². The van der Waals surface area contributed by atoms with Crippen molar-refractivity contribution in [1.29, 1.82) is 0 Å². The number of aryl methyl sites for hydroxylation is 1. The number of carbonyl (C=O) groups is 1. The summed E-state index contributed by atoms with van der Waals surface area (Å²) in [5.41, 5.74) is 3.11. The van der Waals surface area contributed by atoms with Crippen molar-refractivity contribution in [2.75, 3.05) is 6.61 Å². The average molecular weight is 384 g/mol. The van der Waals surface area contributed by atoms with E-state index < -0.39 is 0 Å². The highest BCUT2D eigenvalue weighted by Gasteiger charge is 2.18. The molecule has 0 aliphatic heterocycles. The minimum Gasteiger partial charge on any atom is -0.462 e. The smallest absolute Gasteiger partial charge is 0.338 e. The van der Waals surface area contributed by atoms with E-state index in [-0.39, 0.29) is 5.97 Å². The van der Waals surface area contributed by atoms with E-state index in [0.717, 1.165) is 24.0 Å². The molecule has 29 heavy (non-hydrogen) atoms. The van der Waals surface area contributed by atoms with Gasteiger partial charge in [0.05, 0.1) is 23.9 Å². The number of oxazole rings is 1. The van der Waals surface area contributed by atoms with Crippen LogP contribution in [0.1, 0.15) is 22.3 Å². The van der Waals surface area contributed by atoms with Gasteiger partial charge in [-0.2, -0.15) is 0 Å². The Balaban J connectivity index is 1.44. The number of ether oxygens (including phenoxy) is 1. The summed E-state index contributed by atoms with van der Waals surface area (Å²) in [5, 5.41) is 0. The first kappa shape index (κ1) is 18.6. The Bertz CT molecular complexity index is 1080. The summed E-state index contributed by atoms with van der Waals surface area (Å²) in [6, 6.07) is 20.8. The molecule has 0 atom stereocenters. The highest BCUT2D eigenvalue weighted by atomic mass is 16.5. The largest absolute Gasteiger partial charge is 0.462 e. The minimum atomic E-state index is -0.383. The van der Waals surface area contributed by atoms with Gasteiger partial charge in [0.25, 0.3) is 0 Å². The number of hydrogen-bond donors (Lipinski definition) is 0. The fourth-order valence-corrected chi connectivity index (χ4v) is 3.05. The predicted molar refractivity (Wildman–Crippen MR) is 110 cm³/mol. The molecule has 4 aromatic rings. The molecular formula is C24H20N2O3. The second-order valence-electron chi connectivity index (χ2n) is 6.54. The van der Waals surface area contributed by atoms with E-state index in [2.05, 4.69) is 9.97 Å². The van der Waals surface area contributed by atoms with Crippen LogP contribution in [0, 0.1) is 0 Å². The topological polar surface area (TPSA) is 65.2 Å². The Labute approximate surface area is 169 Å². The van der Waals surface area contributed by atoms with Crippen LogP contribution in [-0.4, -0.2) is 22.5 Å². The molecule has 0 aliphatic carbocycles. The standard InChI is InChI=1S/C24H20N2O3/c27-24(28-15-7-9-18-8-6-14-25-16-18)21-13-5-4-12-20(21)23-26-17-22(29-23)19-10-2-1-3-11-19/h1-6,8,10-14,16-17H,7,9,15H2. The zero-order valence-corrected chi connectivity index (χ0v) is 15.8. The Kier molecular flexibility index (Phi) is 5.76. The number of nitrogens with zero attached hydrogens (tertiary/aromatic N) is 2. The van der Waals surface area contributed by atoms with E-state index in [1.54, 1.807) is 24.5 Å². The van der Waals surface area contributed by atoms with Gasteiger partial charge in [0.1, 0.15) is 0 Å². The molecule has 4 rings (SSSR count). The van der Waals surface area contributed by atoms with Crippen LogP contribution in [-0.2, 0) is 11.2 Å². The van der Waals surface area contributed by atoms with E-state index >= 15 is 0 Å². The van der Waals surface area contributed by atoms with Crippen LogP contribution < -0.4 is 0 Å². The van der Waals surface area contributed by atoms with Crippen LogP contribution in [0.5, 0.6) is 0 Å². The van der Waals surface area contributed by atoms with Crippen molar-refractivity contribution in [1.82, 2.24) is 9.97 Å². The first-order chi connectivity index (χ1) is 14.3. The third-order valence-corrected chi connectivity index (χ3v) is 4.51. The van der Waals surface area contributed by atoms with Crippen molar-refractivity contribution in [3.63, 3.8) is 0 Å². The van der Waals surface area contributed by atoms with Crippen LogP contribution in [0.4, 0.5) is 0 Å². The van der Waals surface area contributed by atoms with Gasteiger partial charge >= 0.3 is 5.97 Å². The molecule has 2 heterocycles. The van der Waals surface area contributed by atoms with Gasteiger partial charge in [0.2, 0.25) is 5.89 Å². The molecule has 5 nitrogen and oxygen atoms in total. The summed E-state index contributed by atoms with van der Waals surface area (Å²) in [5.74, 6) is 0.665. The van der Waals surface area contributed by atoms with E-state index in [1.165, 1.54) is 0 Å². The van der Waals surface area contributed by atoms with Crippen LogP contribution in [0.2, 0.25) is 0 Å². The number of benzene rings is 2. The molecule has 0 unspecified atom stereocenters. The van der Waals surface area contributed by atoms with E-state index in [4.69, 9.17) is 9.15 Å². The van der Waals surface area contributed by atoms with Gasteiger partial charge in [0, 0.05) is 18.0 Å². The molecule has 0 saturated carbocycles. The molecule has 0 fully saturated rings. The molecule has 144 valence electrons. The van der Waals surface area contributed by atoms with E-state index in [0.29, 0.717) is 29.4 Å². The highest BCUT2D eigenvalue weighted by molar-refractivity contribution is 5.96. The Hall–Kier alpha value is -3.73. The maximum atomic E-state index is 12.6. The molecule has 0 aliphatic rings. The SMILES string of the molecule is O=C(OCCCc1cccnc1)c1ccccc1-c1ncc(-c2ccccc2)o1. The predicted octanol–water partition coefficient (Wildman–Crippen LogP) is 5.19. The first-order valence-corrected chi connectivity index (χ1v) is 9.48. The second-order valence-corrected chi connectivity index (χ2v) is 6.54. The average Bonchev–Trinajstić information content (AvgIpc) is 3.28. The molecule has 0 amide bonds. The molecule has 0 radical (unpaired) electrons. The summed E-state index contributed by atoms with van der Waals surface area (Å²) >= 11 is 0. The summed E-state index contributed by atoms with van der Waals surface area (Å²) in [4.78, 5) is 21.1. The zero-order valence-electron chi connectivity index (χ0n) is 15.8. The quantitative estimate of drug-likeness (QED) is 0.324. The number of rotatable bonds is 7. The van der Waals surface area contributed by atoms with Crippen molar-refractivity contribution in [2.45, 2.75) is 12.8 Å². The number of esters is 1. The lowest BCUT2D eigenvalue weighted by molar-refractivity contribution is 0.0501. The Morgan fingerprint density at radius 2 is 1.76 bits per heavy atom. The van der Waals surface area contributed by atoms with Gasteiger partial charge in [0.15, 0.2) is 5.76 Å². The maximum absolute atomic E-state index is 12.6. The minimum absolute atomic E-state index is 0.336. The molecule has 0 bridgehead atoms. The molecular weight excluding hydrogens is 364 g/mol. The van der Waals surface area contributed by atoms with Crippen molar-refractivity contribution in [3.05, 3.63) is 96.4 Å². The summed E-state index contributed by atoms with van der Waals surface area (Å²) in [6.07, 6.45) is 6.77. The van der Waals surface area contributed by atoms with Gasteiger partial charge in [-0.3, -0.25) is 4.98 Å². The fraction of sp³-hybridized carbons (Fsp3) is 0.125. The monoisotopic (exact) mass is 384 g/mol. The van der Waals surface area contributed by atoms with Crippen LogP contribution in [0.25, 0.3) is 22.8 Å². The summed E-state index contributed by atoms with van der Waals surface area (Å²) in [6.45, 7) is 0.336. The summed E-state index contributed by atoms with van der Waals surface area (Å²) < 4.78 is 11.4. The van der Waals surface area contributed by atoms with Gasteiger partial charge in [-0.15, -0.1) is 0 Å². The van der Waals surface area contributed by atoms with Crippen LogP contribution in [0.3, 0.4) is 0 Å². The van der Waals surface area contributed by atoms with Crippen molar-refractivity contribution < 1.29 is 13.9 Å².